The molecule has 1 atom stereocenters. The number of nitrogens with two attached hydrogens (primary N) is 1. The summed E-state index contributed by atoms with van der Waals surface area (Å²) in [5.41, 5.74) is 6.00. The van der Waals surface area contributed by atoms with Gasteiger partial charge in [0.2, 0.25) is 0 Å². The molecule has 98 valence electrons. The van der Waals surface area contributed by atoms with Crippen molar-refractivity contribution in [3.63, 3.8) is 0 Å². The number of hydrogen-bond acceptors (Lipinski definition) is 3. The van der Waals surface area contributed by atoms with Crippen LogP contribution in [0.15, 0.2) is 23.1 Å². The van der Waals surface area contributed by atoms with Crippen LogP contribution in [0.4, 0.5) is 0 Å². The van der Waals surface area contributed by atoms with Crippen LogP contribution in [-0.2, 0) is 7.05 Å². The van der Waals surface area contributed by atoms with Crippen molar-refractivity contribution in [2.45, 2.75) is 25.3 Å². The standard InChI is InChI=1S/C13H19N3O2/c1-15-7-5-10(8-12(15)17)13(18)16-6-3-2-4-11(16)9-14/h5,7-8,11H,2-4,6,9,14H2,1H3. The molecule has 1 saturated heterocycles. The molecule has 0 aromatic carbocycles. The summed E-state index contributed by atoms with van der Waals surface area (Å²) in [6, 6.07) is 3.19. The molecule has 1 amide bonds. The summed E-state index contributed by atoms with van der Waals surface area (Å²) >= 11 is 0. The minimum atomic E-state index is -0.165. The summed E-state index contributed by atoms with van der Waals surface area (Å²) in [6.07, 6.45) is 4.69. The molecule has 2 heterocycles. The molecule has 0 spiro atoms. The Kier molecular flexibility index (Phi) is 3.81. The maximum absolute atomic E-state index is 12.4. The number of carbonyl (C=O) groups excluding carboxylic acids is 1. The lowest BCUT2D eigenvalue weighted by molar-refractivity contribution is 0.0623. The number of rotatable bonds is 2. The number of nitrogens with zero attached hydrogens (tertiary/aromatic N) is 2. The van der Waals surface area contributed by atoms with E-state index in [0.29, 0.717) is 12.1 Å². The van der Waals surface area contributed by atoms with Gasteiger partial charge in [-0.15, -0.1) is 0 Å². The molecule has 1 fully saturated rings. The fraction of sp³-hybridized carbons (Fsp3) is 0.538. The van der Waals surface area contributed by atoms with E-state index in [9.17, 15) is 9.59 Å². The summed E-state index contributed by atoms with van der Waals surface area (Å²) in [6.45, 7) is 1.21. The Morgan fingerprint density at radius 2 is 2.28 bits per heavy atom. The van der Waals surface area contributed by atoms with Gasteiger partial charge in [-0.25, -0.2) is 0 Å². The Hall–Kier alpha value is -1.62. The number of pyridine rings is 1. The van der Waals surface area contributed by atoms with Crippen LogP contribution >= 0.6 is 0 Å². The molecule has 1 unspecified atom stereocenters. The molecule has 1 aliphatic heterocycles. The minimum absolute atomic E-state index is 0.0807. The summed E-state index contributed by atoms with van der Waals surface area (Å²) in [5, 5.41) is 0. The minimum Gasteiger partial charge on any atom is -0.334 e. The summed E-state index contributed by atoms with van der Waals surface area (Å²) < 4.78 is 1.45. The van der Waals surface area contributed by atoms with Gasteiger partial charge < -0.3 is 15.2 Å². The van der Waals surface area contributed by atoms with E-state index in [1.54, 1.807) is 24.2 Å². The third kappa shape index (κ3) is 2.46. The Morgan fingerprint density at radius 3 is 2.94 bits per heavy atom. The van der Waals surface area contributed by atoms with E-state index in [0.717, 1.165) is 25.8 Å². The van der Waals surface area contributed by atoms with Crippen LogP contribution in [-0.4, -0.2) is 34.5 Å². The van der Waals surface area contributed by atoms with Crippen LogP contribution < -0.4 is 11.3 Å². The third-order valence-electron chi connectivity index (χ3n) is 3.51. The van der Waals surface area contributed by atoms with Crippen molar-refractivity contribution in [1.82, 2.24) is 9.47 Å². The number of carbonyl (C=O) groups is 1. The predicted octanol–water partition coefficient (Wildman–Crippen LogP) is 0.339. The van der Waals surface area contributed by atoms with Crippen molar-refractivity contribution in [2.75, 3.05) is 13.1 Å². The molecular formula is C13H19N3O2. The molecule has 0 aliphatic carbocycles. The lowest BCUT2D eigenvalue weighted by Crippen LogP contribution is -2.47. The lowest BCUT2D eigenvalue weighted by atomic mass is 10.0. The molecule has 2 rings (SSSR count). The van der Waals surface area contributed by atoms with Crippen molar-refractivity contribution in [2.24, 2.45) is 12.8 Å². The van der Waals surface area contributed by atoms with Gasteiger partial charge in [-0.3, -0.25) is 9.59 Å². The normalized spacial score (nSPS) is 19.9. The Labute approximate surface area is 106 Å². The van der Waals surface area contributed by atoms with E-state index < -0.39 is 0 Å². The highest BCUT2D eigenvalue weighted by Gasteiger charge is 2.26. The molecular weight excluding hydrogens is 230 g/mol. The highest BCUT2D eigenvalue weighted by atomic mass is 16.2. The van der Waals surface area contributed by atoms with Gasteiger partial charge in [0.05, 0.1) is 0 Å². The van der Waals surface area contributed by atoms with E-state index in [1.165, 1.54) is 10.6 Å². The van der Waals surface area contributed by atoms with Gasteiger partial charge in [0.25, 0.3) is 11.5 Å². The summed E-state index contributed by atoms with van der Waals surface area (Å²) in [4.78, 5) is 25.7. The largest absolute Gasteiger partial charge is 0.334 e. The van der Waals surface area contributed by atoms with Gasteiger partial charge in [0, 0.05) is 44.0 Å². The first-order valence-electron chi connectivity index (χ1n) is 6.31. The van der Waals surface area contributed by atoms with Crippen molar-refractivity contribution in [3.8, 4) is 0 Å². The van der Waals surface area contributed by atoms with E-state index >= 15 is 0 Å². The molecule has 0 bridgehead atoms. The molecule has 0 saturated carbocycles. The second-order valence-electron chi connectivity index (χ2n) is 4.75. The first-order chi connectivity index (χ1) is 8.63. The van der Waals surface area contributed by atoms with Crippen molar-refractivity contribution in [1.29, 1.82) is 0 Å². The zero-order chi connectivity index (χ0) is 13.1. The molecule has 18 heavy (non-hydrogen) atoms. The number of likely N-dealkylation sites (tertiary alicyclic amines) is 1. The molecule has 5 heteroatoms. The van der Waals surface area contributed by atoms with E-state index in [-0.39, 0.29) is 17.5 Å². The Balaban J connectivity index is 2.24. The number of aromatic nitrogens is 1. The smallest absolute Gasteiger partial charge is 0.254 e. The first kappa shape index (κ1) is 12.8. The predicted molar refractivity (Wildman–Crippen MR) is 69.4 cm³/mol. The molecule has 0 radical (unpaired) electrons. The highest BCUT2D eigenvalue weighted by Crippen LogP contribution is 2.18. The maximum Gasteiger partial charge on any atom is 0.254 e. The van der Waals surface area contributed by atoms with Gasteiger partial charge in [0.15, 0.2) is 0 Å². The maximum atomic E-state index is 12.4. The molecule has 1 aromatic rings. The summed E-state index contributed by atoms with van der Waals surface area (Å²) in [5.74, 6) is -0.0807. The zero-order valence-electron chi connectivity index (χ0n) is 10.6. The molecule has 5 nitrogen and oxygen atoms in total. The fourth-order valence-corrected chi connectivity index (χ4v) is 2.36. The van der Waals surface area contributed by atoms with Gasteiger partial charge >= 0.3 is 0 Å². The molecule has 2 N–H and O–H groups in total. The van der Waals surface area contributed by atoms with E-state index in [4.69, 9.17) is 5.73 Å². The van der Waals surface area contributed by atoms with Crippen LogP contribution in [0.25, 0.3) is 0 Å². The van der Waals surface area contributed by atoms with Crippen LogP contribution in [0.1, 0.15) is 29.6 Å². The number of hydrogen-bond donors (Lipinski definition) is 1. The number of amides is 1. The van der Waals surface area contributed by atoms with Gasteiger partial charge in [0.1, 0.15) is 0 Å². The average molecular weight is 249 g/mol. The third-order valence-corrected chi connectivity index (χ3v) is 3.51. The monoisotopic (exact) mass is 249 g/mol. The van der Waals surface area contributed by atoms with Crippen molar-refractivity contribution in [3.05, 3.63) is 34.2 Å². The molecule has 1 aromatic heterocycles. The Bertz CT molecular complexity index is 495. The number of piperidine rings is 1. The zero-order valence-corrected chi connectivity index (χ0v) is 10.6. The van der Waals surface area contributed by atoms with Gasteiger partial charge in [-0.05, 0) is 25.3 Å². The SMILES string of the molecule is Cn1ccc(C(=O)N2CCCCC2CN)cc1=O. The van der Waals surface area contributed by atoms with Crippen LogP contribution in [0.5, 0.6) is 0 Å². The lowest BCUT2D eigenvalue weighted by Gasteiger charge is -2.35. The quantitative estimate of drug-likeness (QED) is 0.821. The molecule has 1 aliphatic rings. The highest BCUT2D eigenvalue weighted by molar-refractivity contribution is 5.94. The second kappa shape index (κ2) is 5.35. The second-order valence-corrected chi connectivity index (χ2v) is 4.75. The van der Waals surface area contributed by atoms with Crippen molar-refractivity contribution >= 4 is 5.91 Å². The van der Waals surface area contributed by atoms with Gasteiger partial charge in [-0.1, -0.05) is 0 Å². The average Bonchev–Trinajstić information content (AvgIpc) is 2.41. The van der Waals surface area contributed by atoms with E-state index in [2.05, 4.69) is 0 Å². The van der Waals surface area contributed by atoms with Gasteiger partial charge in [-0.2, -0.15) is 0 Å². The number of aryl methyl sites for hydroxylation is 1. The van der Waals surface area contributed by atoms with Crippen LogP contribution in [0, 0.1) is 0 Å². The first-order valence-corrected chi connectivity index (χ1v) is 6.31. The van der Waals surface area contributed by atoms with E-state index in [1.807, 2.05) is 0 Å². The Morgan fingerprint density at radius 1 is 1.50 bits per heavy atom. The van der Waals surface area contributed by atoms with Crippen LogP contribution in [0.3, 0.4) is 0 Å². The van der Waals surface area contributed by atoms with Crippen LogP contribution in [0.2, 0.25) is 0 Å². The van der Waals surface area contributed by atoms with Crippen molar-refractivity contribution < 1.29 is 4.79 Å². The fourth-order valence-electron chi connectivity index (χ4n) is 2.36. The summed E-state index contributed by atoms with van der Waals surface area (Å²) in [7, 11) is 1.67. The topological polar surface area (TPSA) is 68.3 Å².